The molecule has 132 valence electrons. The highest BCUT2D eigenvalue weighted by Crippen LogP contribution is 2.19. The van der Waals surface area contributed by atoms with E-state index >= 15 is 0 Å². The Labute approximate surface area is 155 Å². The van der Waals surface area contributed by atoms with Crippen molar-refractivity contribution in [3.8, 4) is 0 Å². The first-order valence-electron chi connectivity index (χ1n) is 8.25. The van der Waals surface area contributed by atoms with Crippen molar-refractivity contribution in [3.05, 3.63) is 45.7 Å². The molecule has 1 aromatic carbocycles. The Kier molecular flexibility index (Phi) is 5.65. The Balaban J connectivity index is 1.46. The van der Waals surface area contributed by atoms with Gasteiger partial charge in [0.1, 0.15) is 5.01 Å². The van der Waals surface area contributed by atoms with Crippen molar-refractivity contribution in [3.63, 3.8) is 0 Å². The van der Waals surface area contributed by atoms with E-state index in [9.17, 15) is 4.79 Å². The lowest BCUT2D eigenvalue weighted by Gasteiger charge is -2.05. The first-order chi connectivity index (χ1) is 12.0. The Hall–Kier alpha value is -1.99. The average Bonchev–Trinajstić information content (AvgIpc) is 3.14. The van der Waals surface area contributed by atoms with Crippen LogP contribution in [0.4, 0.5) is 0 Å². The van der Waals surface area contributed by atoms with E-state index in [4.69, 9.17) is 11.6 Å². The molecule has 2 heterocycles. The molecule has 0 bridgehead atoms. The number of nitrogens with one attached hydrogen (secondary N) is 1. The van der Waals surface area contributed by atoms with Crippen LogP contribution in [0.2, 0.25) is 5.02 Å². The molecule has 8 heteroatoms. The van der Waals surface area contributed by atoms with Crippen LogP contribution in [0.25, 0.3) is 4.96 Å². The first-order valence-corrected chi connectivity index (χ1v) is 9.44. The lowest BCUT2D eigenvalue weighted by atomic mass is 10.1. The predicted octanol–water partition coefficient (Wildman–Crippen LogP) is 3.25. The van der Waals surface area contributed by atoms with Gasteiger partial charge in [0.2, 0.25) is 10.9 Å². The van der Waals surface area contributed by atoms with E-state index < -0.39 is 0 Å². The number of nitrogens with zero attached hydrogens (tertiary/aromatic N) is 4. The minimum absolute atomic E-state index is 0.0315. The third kappa shape index (κ3) is 4.55. The molecule has 0 atom stereocenters. The molecule has 0 radical (unpaired) electrons. The van der Waals surface area contributed by atoms with Crippen LogP contribution >= 0.6 is 22.9 Å². The molecule has 0 fully saturated rings. The summed E-state index contributed by atoms with van der Waals surface area (Å²) in [6.45, 7) is 4.73. The smallest absolute Gasteiger partial charge is 0.234 e. The molecule has 0 saturated heterocycles. The number of hydrogen-bond acceptors (Lipinski definition) is 5. The van der Waals surface area contributed by atoms with Gasteiger partial charge in [-0.2, -0.15) is 9.61 Å². The number of rotatable bonds is 7. The number of benzene rings is 1. The summed E-state index contributed by atoms with van der Waals surface area (Å²) in [6, 6.07) is 7.66. The van der Waals surface area contributed by atoms with Crippen LogP contribution in [-0.2, 0) is 17.6 Å². The second-order valence-electron chi connectivity index (χ2n) is 6.13. The normalized spacial score (nSPS) is 11.4. The lowest BCUT2D eigenvalue weighted by molar-refractivity contribution is -0.121. The van der Waals surface area contributed by atoms with Crippen LogP contribution in [0, 0.1) is 0 Å². The SMILES string of the molecule is CC(C)c1nnc2sc(CCC(=O)NCCc3ccc(Cl)cc3)nn12. The molecule has 0 aliphatic carbocycles. The number of fused-ring (bicyclic) bond motifs is 1. The number of aromatic nitrogens is 4. The molecule has 0 aliphatic rings. The molecule has 0 saturated carbocycles. The van der Waals surface area contributed by atoms with Crippen LogP contribution in [0.5, 0.6) is 0 Å². The van der Waals surface area contributed by atoms with E-state index in [0.717, 1.165) is 32.8 Å². The number of aryl methyl sites for hydroxylation is 1. The third-order valence-electron chi connectivity index (χ3n) is 3.79. The van der Waals surface area contributed by atoms with E-state index in [1.165, 1.54) is 11.3 Å². The van der Waals surface area contributed by atoms with E-state index in [0.29, 0.717) is 19.4 Å². The fourth-order valence-electron chi connectivity index (χ4n) is 2.44. The van der Waals surface area contributed by atoms with Crippen molar-refractivity contribution < 1.29 is 4.79 Å². The van der Waals surface area contributed by atoms with Gasteiger partial charge in [0.15, 0.2) is 5.82 Å². The molecule has 3 aromatic rings. The summed E-state index contributed by atoms with van der Waals surface area (Å²) >= 11 is 7.34. The largest absolute Gasteiger partial charge is 0.356 e. The molecular formula is C17H20ClN5OS. The summed E-state index contributed by atoms with van der Waals surface area (Å²) in [5.74, 6) is 1.15. The molecule has 2 aromatic heterocycles. The number of amides is 1. The van der Waals surface area contributed by atoms with Crippen molar-refractivity contribution in [2.45, 2.75) is 39.0 Å². The molecule has 6 nitrogen and oxygen atoms in total. The quantitative estimate of drug-likeness (QED) is 0.686. The van der Waals surface area contributed by atoms with Gasteiger partial charge in [-0.3, -0.25) is 4.79 Å². The Morgan fingerprint density at radius 3 is 2.72 bits per heavy atom. The minimum atomic E-state index is 0.0315. The number of hydrogen-bond donors (Lipinski definition) is 1. The summed E-state index contributed by atoms with van der Waals surface area (Å²) in [4.78, 5) is 12.8. The van der Waals surface area contributed by atoms with Crippen LogP contribution in [0.15, 0.2) is 24.3 Å². The maximum Gasteiger partial charge on any atom is 0.234 e. The zero-order valence-electron chi connectivity index (χ0n) is 14.2. The number of carbonyl (C=O) groups is 1. The lowest BCUT2D eigenvalue weighted by Crippen LogP contribution is -2.25. The van der Waals surface area contributed by atoms with Gasteiger partial charge in [-0.15, -0.1) is 10.2 Å². The molecular weight excluding hydrogens is 358 g/mol. The van der Waals surface area contributed by atoms with Gasteiger partial charge in [0, 0.05) is 30.3 Å². The van der Waals surface area contributed by atoms with Crippen molar-refractivity contribution in [2.24, 2.45) is 0 Å². The van der Waals surface area contributed by atoms with Gasteiger partial charge in [-0.25, -0.2) is 0 Å². The highest BCUT2D eigenvalue weighted by Gasteiger charge is 2.14. The summed E-state index contributed by atoms with van der Waals surface area (Å²) in [5, 5.41) is 17.4. The molecule has 0 aliphatic heterocycles. The highest BCUT2D eigenvalue weighted by molar-refractivity contribution is 7.16. The van der Waals surface area contributed by atoms with Crippen molar-refractivity contribution in [2.75, 3.05) is 6.54 Å². The van der Waals surface area contributed by atoms with Crippen LogP contribution < -0.4 is 5.32 Å². The second-order valence-corrected chi connectivity index (χ2v) is 7.61. The molecule has 0 unspecified atom stereocenters. The summed E-state index contributed by atoms with van der Waals surface area (Å²) < 4.78 is 1.78. The fraction of sp³-hybridized carbons (Fsp3) is 0.412. The monoisotopic (exact) mass is 377 g/mol. The highest BCUT2D eigenvalue weighted by atomic mass is 35.5. The van der Waals surface area contributed by atoms with Gasteiger partial charge in [0.05, 0.1) is 0 Å². The maximum atomic E-state index is 12.0. The maximum absolute atomic E-state index is 12.0. The van der Waals surface area contributed by atoms with Crippen LogP contribution in [0.1, 0.15) is 42.6 Å². The van der Waals surface area contributed by atoms with Gasteiger partial charge < -0.3 is 5.32 Å². The topological polar surface area (TPSA) is 72.2 Å². The van der Waals surface area contributed by atoms with E-state index in [2.05, 4.69) is 34.5 Å². The molecule has 1 amide bonds. The van der Waals surface area contributed by atoms with Crippen LogP contribution in [0.3, 0.4) is 0 Å². The molecule has 1 N–H and O–H groups in total. The fourth-order valence-corrected chi connectivity index (χ4v) is 3.40. The summed E-state index contributed by atoms with van der Waals surface area (Å²) in [6.07, 6.45) is 1.82. The van der Waals surface area contributed by atoms with Crippen molar-refractivity contribution in [1.29, 1.82) is 0 Å². The average molecular weight is 378 g/mol. The van der Waals surface area contributed by atoms with E-state index in [1.54, 1.807) is 4.52 Å². The van der Waals surface area contributed by atoms with Crippen molar-refractivity contribution in [1.82, 2.24) is 25.1 Å². The van der Waals surface area contributed by atoms with Gasteiger partial charge in [0.25, 0.3) is 0 Å². The van der Waals surface area contributed by atoms with E-state index in [1.807, 2.05) is 24.3 Å². The third-order valence-corrected chi connectivity index (χ3v) is 5.00. The Morgan fingerprint density at radius 2 is 2.00 bits per heavy atom. The number of carbonyl (C=O) groups excluding carboxylic acids is 1. The standard InChI is InChI=1S/C17H20ClN5OS/c1-11(2)16-20-21-17-23(16)22-15(25-17)8-7-14(24)19-10-9-12-3-5-13(18)6-4-12/h3-6,11H,7-10H2,1-2H3,(H,19,24). The minimum Gasteiger partial charge on any atom is -0.356 e. The predicted molar refractivity (Wildman–Crippen MR) is 99.2 cm³/mol. The van der Waals surface area contributed by atoms with E-state index in [-0.39, 0.29) is 11.8 Å². The zero-order valence-corrected chi connectivity index (χ0v) is 15.8. The Bertz CT molecular complexity index is 856. The number of halogens is 1. The van der Waals surface area contributed by atoms with Crippen molar-refractivity contribution >= 4 is 33.8 Å². The molecule has 0 spiro atoms. The molecule has 3 rings (SSSR count). The first kappa shape index (κ1) is 17.8. The summed E-state index contributed by atoms with van der Waals surface area (Å²) in [7, 11) is 0. The zero-order chi connectivity index (χ0) is 17.8. The molecule has 25 heavy (non-hydrogen) atoms. The van der Waals surface area contributed by atoms with Gasteiger partial charge in [-0.1, -0.05) is 48.9 Å². The van der Waals surface area contributed by atoms with Crippen LogP contribution in [-0.4, -0.2) is 32.3 Å². The summed E-state index contributed by atoms with van der Waals surface area (Å²) in [5.41, 5.74) is 1.15. The van der Waals surface area contributed by atoms with Gasteiger partial charge in [-0.05, 0) is 24.1 Å². The Morgan fingerprint density at radius 1 is 1.24 bits per heavy atom. The second kappa shape index (κ2) is 7.93. The van der Waals surface area contributed by atoms with Gasteiger partial charge >= 0.3 is 0 Å².